The van der Waals surface area contributed by atoms with Crippen LogP contribution in [-0.2, 0) is 4.79 Å². The minimum atomic E-state index is -0.317. The minimum Gasteiger partial charge on any atom is -0.504 e. The van der Waals surface area contributed by atoms with Crippen molar-refractivity contribution in [3.05, 3.63) is 84.4 Å². The highest BCUT2D eigenvalue weighted by Crippen LogP contribution is 2.29. The summed E-state index contributed by atoms with van der Waals surface area (Å²) in [7, 11) is 1.46. The predicted molar refractivity (Wildman–Crippen MR) is 128 cm³/mol. The molecule has 0 aliphatic carbocycles. The van der Waals surface area contributed by atoms with E-state index >= 15 is 0 Å². The Morgan fingerprint density at radius 3 is 2.52 bits per heavy atom. The van der Waals surface area contributed by atoms with Gasteiger partial charge in [-0.2, -0.15) is 5.10 Å². The second-order valence-electron chi connectivity index (χ2n) is 6.82. The van der Waals surface area contributed by atoms with Gasteiger partial charge in [0.15, 0.2) is 22.5 Å². The van der Waals surface area contributed by atoms with Crippen molar-refractivity contribution in [2.45, 2.75) is 5.16 Å². The zero-order valence-electron chi connectivity index (χ0n) is 17.8. The van der Waals surface area contributed by atoms with Crippen LogP contribution < -0.4 is 10.2 Å². The molecule has 8 nitrogen and oxygen atoms in total. The number of hydrogen-bond acceptors (Lipinski definition) is 7. The van der Waals surface area contributed by atoms with Crippen molar-refractivity contribution < 1.29 is 14.6 Å². The average Bonchev–Trinajstić information content (AvgIpc) is 3.29. The van der Waals surface area contributed by atoms with Gasteiger partial charge in [0, 0.05) is 16.8 Å². The number of para-hydroxylation sites is 2. The van der Waals surface area contributed by atoms with Gasteiger partial charge in [-0.3, -0.25) is 9.36 Å². The number of thioether (sulfide) groups is 1. The molecule has 1 heterocycles. The molecule has 4 rings (SSSR count). The van der Waals surface area contributed by atoms with Crippen LogP contribution >= 0.6 is 11.8 Å². The number of ether oxygens (including phenoxy) is 1. The zero-order valence-corrected chi connectivity index (χ0v) is 18.6. The molecule has 0 saturated heterocycles. The normalized spacial score (nSPS) is 10.9. The number of aromatic hydroxyl groups is 1. The SMILES string of the molecule is COc1cccc(/C=N/NC(=O)CSc2nnc(-c3ccccc3)n2-c2ccccc2)c1O. The first kappa shape index (κ1) is 22.1. The van der Waals surface area contributed by atoms with Crippen molar-refractivity contribution in [1.29, 1.82) is 0 Å². The zero-order chi connectivity index (χ0) is 23.0. The molecule has 166 valence electrons. The molecule has 1 aromatic heterocycles. The number of nitrogens with zero attached hydrogens (tertiary/aromatic N) is 4. The van der Waals surface area contributed by atoms with Gasteiger partial charge in [-0.25, -0.2) is 5.43 Å². The van der Waals surface area contributed by atoms with Gasteiger partial charge in [0.05, 0.1) is 19.1 Å². The molecule has 0 aliphatic rings. The second-order valence-corrected chi connectivity index (χ2v) is 7.77. The fraction of sp³-hybridized carbons (Fsp3) is 0.0833. The lowest BCUT2D eigenvalue weighted by molar-refractivity contribution is -0.118. The first-order valence-corrected chi connectivity index (χ1v) is 11.0. The first-order chi connectivity index (χ1) is 16.2. The Hall–Kier alpha value is -4.11. The summed E-state index contributed by atoms with van der Waals surface area (Å²) in [5.74, 6) is 0.743. The minimum absolute atomic E-state index is 0.0446. The number of hydrazone groups is 1. The van der Waals surface area contributed by atoms with Crippen LogP contribution in [0.25, 0.3) is 17.1 Å². The third kappa shape index (κ3) is 5.21. The number of carbonyl (C=O) groups is 1. The number of amides is 1. The van der Waals surface area contributed by atoms with Gasteiger partial charge >= 0.3 is 0 Å². The molecular weight excluding hydrogens is 438 g/mol. The maximum absolute atomic E-state index is 12.3. The fourth-order valence-corrected chi connectivity index (χ4v) is 3.84. The molecule has 0 unspecified atom stereocenters. The van der Waals surface area contributed by atoms with Gasteiger partial charge in [0.1, 0.15) is 0 Å². The van der Waals surface area contributed by atoms with Crippen molar-refractivity contribution >= 4 is 23.9 Å². The summed E-state index contributed by atoms with van der Waals surface area (Å²) in [5, 5.41) is 23.3. The molecule has 0 bridgehead atoms. The summed E-state index contributed by atoms with van der Waals surface area (Å²) in [6.45, 7) is 0. The summed E-state index contributed by atoms with van der Waals surface area (Å²) < 4.78 is 6.99. The Labute approximate surface area is 194 Å². The Morgan fingerprint density at radius 1 is 1.06 bits per heavy atom. The van der Waals surface area contributed by atoms with Crippen molar-refractivity contribution in [2.24, 2.45) is 5.10 Å². The van der Waals surface area contributed by atoms with Crippen LogP contribution in [0.5, 0.6) is 11.5 Å². The number of rotatable bonds is 8. The Kier molecular flexibility index (Phi) is 7.01. The van der Waals surface area contributed by atoms with Crippen LogP contribution in [0.3, 0.4) is 0 Å². The molecule has 0 spiro atoms. The molecule has 0 fully saturated rings. The molecule has 2 N–H and O–H groups in total. The molecule has 0 radical (unpaired) electrons. The van der Waals surface area contributed by atoms with Gasteiger partial charge < -0.3 is 9.84 Å². The molecule has 9 heteroatoms. The van der Waals surface area contributed by atoms with Crippen molar-refractivity contribution in [2.75, 3.05) is 12.9 Å². The maximum Gasteiger partial charge on any atom is 0.250 e. The van der Waals surface area contributed by atoms with E-state index in [0.717, 1.165) is 11.3 Å². The lowest BCUT2D eigenvalue weighted by Gasteiger charge is -2.10. The topological polar surface area (TPSA) is 102 Å². The van der Waals surface area contributed by atoms with Crippen LogP contribution in [0.1, 0.15) is 5.56 Å². The molecule has 1 amide bonds. The van der Waals surface area contributed by atoms with Crippen molar-refractivity contribution in [3.8, 4) is 28.6 Å². The fourth-order valence-electron chi connectivity index (χ4n) is 3.09. The molecule has 0 aliphatic heterocycles. The van der Waals surface area contributed by atoms with E-state index < -0.39 is 0 Å². The maximum atomic E-state index is 12.3. The monoisotopic (exact) mass is 459 g/mol. The number of methoxy groups -OCH3 is 1. The van der Waals surface area contributed by atoms with Gasteiger partial charge in [0.25, 0.3) is 5.91 Å². The number of phenols is 1. The number of nitrogens with one attached hydrogen (secondary N) is 1. The van der Waals surface area contributed by atoms with Gasteiger partial charge in [0.2, 0.25) is 0 Å². The summed E-state index contributed by atoms with van der Waals surface area (Å²) in [6.07, 6.45) is 1.36. The van der Waals surface area contributed by atoms with Gasteiger partial charge in [-0.15, -0.1) is 10.2 Å². The van der Waals surface area contributed by atoms with E-state index in [1.54, 1.807) is 18.2 Å². The number of carbonyl (C=O) groups excluding carboxylic acids is 1. The largest absolute Gasteiger partial charge is 0.504 e. The van der Waals surface area contributed by atoms with Crippen LogP contribution in [0, 0.1) is 0 Å². The van der Waals surface area contributed by atoms with E-state index in [1.165, 1.54) is 25.1 Å². The quantitative estimate of drug-likeness (QED) is 0.235. The van der Waals surface area contributed by atoms with Crippen LogP contribution in [0.15, 0.2) is 89.1 Å². The summed E-state index contributed by atoms with van der Waals surface area (Å²) in [5.41, 5.74) is 4.72. The number of phenolic OH excluding ortho intramolecular Hbond substituents is 1. The molecule has 33 heavy (non-hydrogen) atoms. The van der Waals surface area contributed by atoms with Crippen molar-refractivity contribution in [1.82, 2.24) is 20.2 Å². The predicted octanol–water partition coefficient (Wildman–Crippen LogP) is 3.89. The standard InChI is InChI=1S/C24H21N5O3S/c1-32-20-14-8-11-18(22(20)31)15-25-26-21(30)16-33-24-28-27-23(17-9-4-2-5-10-17)29(24)19-12-6-3-7-13-19/h2-15,31H,16H2,1H3,(H,26,30)/b25-15+. The van der Waals surface area contributed by atoms with Crippen LogP contribution in [-0.4, -0.2) is 44.9 Å². The molecular formula is C24H21N5O3S. The molecule has 0 saturated carbocycles. The number of aromatic nitrogens is 3. The highest BCUT2D eigenvalue weighted by molar-refractivity contribution is 7.99. The first-order valence-electron chi connectivity index (χ1n) is 10.0. The Balaban J connectivity index is 1.47. The van der Waals surface area contributed by atoms with Crippen LogP contribution in [0.4, 0.5) is 0 Å². The second kappa shape index (κ2) is 10.5. The summed E-state index contributed by atoms with van der Waals surface area (Å²) >= 11 is 1.25. The Morgan fingerprint density at radius 2 is 1.79 bits per heavy atom. The number of hydrogen-bond donors (Lipinski definition) is 2. The molecule has 3 aromatic carbocycles. The van der Waals surface area contributed by atoms with E-state index in [0.29, 0.717) is 22.3 Å². The summed E-state index contributed by atoms with van der Waals surface area (Å²) in [6, 6.07) is 24.5. The van der Waals surface area contributed by atoms with Gasteiger partial charge in [-0.1, -0.05) is 66.4 Å². The average molecular weight is 460 g/mol. The third-order valence-electron chi connectivity index (χ3n) is 4.66. The summed E-state index contributed by atoms with van der Waals surface area (Å²) in [4.78, 5) is 12.3. The smallest absolute Gasteiger partial charge is 0.250 e. The lowest BCUT2D eigenvalue weighted by atomic mass is 10.2. The molecule has 0 atom stereocenters. The highest BCUT2D eigenvalue weighted by Gasteiger charge is 2.17. The van der Waals surface area contributed by atoms with Crippen molar-refractivity contribution in [3.63, 3.8) is 0 Å². The number of benzene rings is 3. The lowest BCUT2D eigenvalue weighted by Crippen LogP contribution is -2.20. The van der Waals surface area contributed by atoms with Gasteiger partial charge in [-0.05, 0) is 24.3 Å². The third-order valence-corrected chi connectivity index (χ3v) is 5.58. The van der Waals surface area contributed by atoms with E-state index in [9.17, 15) is 9.90 Å². The van der Waals surface area contributed by atoms with Crippen LogP contribution in [0.2, 0.25) is 0 Å². The highest BCUT2D eigenvalue weighted by atomic mass is 32.2. The molecule has 4 aromatic rings. The Bertz CT molecular complexity index is 1260. The van der Waals surface area contributed by atoms with E-state index in [4.69, 9.17) is 4.74 Å². The van der Waals surface area contributed by atoms with E-state index in [1.807, 2.05) is 65.2 Å². The van der Waals surface area contributed by atoms with E-state index in [2.05, 4.69) is 20.7 Å². The van der Waals surface area contributed by atoms with E-state index in [-0.39, 0.29) is 17.4 Å².